The maximum absolute atomic E-state index is 11.9. The predicted molar refractivity (Wildman–Crippen MR) is 68.4 cm³/mol. The zero-order valence-corrected chi connectivity index (χ0v) is 10.3. The zero-order chi connectivity index (χ0) is 13.8. The van der Waals surface area contributed by atoms with Crippen LogP contribution in [0, 0.1) is 0 Å². The summed E-state index contributed by atoms with van der Waals surface area (Å²) in [6.07, 6.45) is 4.00. The van der Waals surface area contributed by atoms with Crippen molar-refractivity contribution in [1.82, 2.24) is 9.97 Å². The van der Waals surface area contributed by atoms with Gasteiger partial charge in [0.25, 0.3) is 5.91 Å². The molecule has 2 aromatic rings. The largest absolute Gasteiger partial charge is 0.478 e. The van der Waals surface area contributed by atoms with Crippen LogP contribution in [0.15, 0.2) is 36.8 Å². The van der Waals surface area contributed by atoms with Crippen molar-refractivity contribution in [3.05, 3.63) is 53.1 Å². The number of hydrogen-bond acceptors (Lipinski definition) is 4. The molecule has 0 spiro atoms. The van der Waals surface area contributed by atoms with Gasteiger partial charge in [-0.3, -0.25) is 9.78 Å². The molecule has 96 valence electrons. The van der Waals surface area contributed by atoms with Crippen LogP contribution in [-0.4, -0.2) is 27.0 Å². The second-order valence-electron chi connectivity index (χ2n) is 3.56. The second-order valence-corrected chi connectivity index (χ2v) is 3.92. The first-order valence-electron chi connectivity index (χ1n) is 5.18. The molecule has 0 bridgehead atoms. The summed E-state index contributed by atoms with van der Waals surface area (Å²) in [7, 11) is 0. The van der Waals surface area contributed by atoms with Crippen LogP contribution < -0.4 is 5.32 Å². The van der Waals surface area contributed by atoms with E-state index in [1.54, 1.807) is 6.07 Å². The first-order valence-corrected chi connectivity index (χ1v) is 5.56. The second kappa shape index (κ2) is 5.45. The smallest absolute Gasteiger partial charge is 0.337 e. The summed E-state index contributed by atoms with van der Waals surface area (Å²) >= 11 is 5.79. The van der Waals surface area contributed by atoms with Crippen LogP contribution in [0.25, 0.3) is 0 Å². The number of nitrogens with zero attached hydrogens (tertiary/aromatic N) is 2. The van der Waals surface area contributed by atoms with E-state index >= 15 is 0 Å². The van der Waals surface area contributed by atoms with Gasteiger partial charge in [0, 0.05) is 12.4 Å². The van der Waals surface area contributed by atoms with Crippen LogP contribution in [0.1, 0.15) is 20.7 Å². The fourth-order valence-electron chi connectivity index (χ4n) is 1.38. The van der Waals surface area contributed by atoms with Gasteiger partial charge in [0.05, 0.1) is 23.0 Å². The molecule has 2 N–H and O–H groups in total. The number of carbonyl (C=O) groups excluding carboxylic acids is 1. The van der Waals surface area contributed by atoms with Gasteiger partial charge in [0.1, 0.15) is 5.15 Å². The molecule has 0 unspecified atom stereocenters. The molecule has 6 nitrogen and oxygen atoms in total. The maximum Gasteiger partial charge on any atom is 0.337 e. The van der Waals surface area contributed by atoms with Crippen molar-refractivity contribution in [2.75, 3.05) is 5.32 Å². The summed E-state index contributed by atoms with van der Waals surface area (Å²) in [6, 6.07) is 4.39. The van der Waals surface area contributed by atoms with Crippen molar-refractivity contribution < 1.29 is 14.7 Å². The Kier molecular flexibility index (Phi) is 3.72. The molecular weight excluding hydrogens is 270 g/mol. The van der Waals surface area contributed by atoms with Crippen LogP contribution in [0.3, 0.4) is 0 Å². The van der Waals surface area contributed by atoms with Crippen molar-refractivity contribution in [3.8, 4) is 0 Å². The fraction of sp³-hybridized carbons (Fsp3) is 0. The number of carboxylic acid groups (broad SMARTS) is 1. The minimum absolute atomic E-state index is 0.0184. The lowest BCUT2D eigenvalue weighted by Crippen LogP contribution is -2.13. The molecular formula is C12H8ClN3O3. The summed E-state index contributed by atoms with van der Waals surface area (Å²) in [5, 5.41) is 11.4. The molecule has 0 aromatic carbocycles. The number of aromatic carboxylic acids is 1. The van der Waals surface area contributed by atoms with Gasteiger partial charge in [0.2, 0.25) is 0 Å². The number of amides is 1. The van der Waals surface area contributed by atoms with Gasteiger partial charge in [-0.15, -0.1) is 0 Å². The van der Waals surface area contributed by atoms with Crippen LogP contribution in [0.5, 0.6) is 0 Å². The Morgan fingerprint density at radius 1 is 1.32 bits per heavy atom. The molecule has 0 aliphatic rings. The number of carbonyl (C=O) groups is 2. The Morgan fingerprint density at radius 2 is 2.11 bits per heavy atom. The Balaban J connectivity index is 2.22. The average Bonchev–Trinajstić information content (AvgIpc) is 2.39. The number of pyridine rings is 2. The molecule has 2 heterocycles. The summed E-state index contributed by atoms with van der Waals surface area (Å²) < 4.78 is 0. The van der Waals surface area contributed by atoms with Gasteiger partial charge in [-0.2, -0.15) is 0 Å². The van der Waals surface area contributed by atoms with Gasteiger partial charge in [-0.05, 0) is 18.2 Å². The third-order valence-corrected chi connectivity index (χ3v) is 2.55. The SMILES string of the molecule is O=C(O)c1cncc(NC(=O)c2cccnc2Cl)c1. The fourth-order valence-corrected chi connectivity index (χ4v) is 1.58. The predicted octanol–water partition coefficient (Wildman–Crippen LogP) is 2.08. The van der Waals surface area contributed by atoms with Crippen LogP contribution in [0.4, 0.5) is 5.69 Å². The van der Waals surface area contributed by atoms with Gasteiger partial charge in [0.15, 0.2) is 0 Å². The van der Waals surface area contributed by atoms with Crippen molar-refractivity contribution >= 4 is 29.2 Å². The molecule has 1 amide bonds. The van der Waals surface area contributed by atoms with E-state index in [0.29, 0.717) is 0 Å². The van der Waals surface area contributed by atoms with E-state index in [0.717, 1.165) is 0 Å². The molecule has 19 heavy (non-hydrogen) atoms. The van der Waals surface area contributed by atoms with Crippen LogP contribution in [-0.2, 0) is 0 Å². The minimum atomic E-state index is -1.12. The quantitative estimate of drug-likeness (QED) is 0.838. The summed E-state index contributed by atoms with van der Waals surface area (Å²) in [6.45, 7) is 0. The molecule has 0 fully saturated rings. The number of rotatable bonds is 3. The van der Waals surface area contributed by atoms with E-state index in [4.69, 9.17) is 16.7 Å². The molecule has 0 aliphatic carbocycles. The normalized spacial score (nSPS) is 9.95. The monoisotopic (exact) mass is 277 g/mol. The van der Waals surface area contributed by atoms with E-state index < -0.39 is 11.9 Å². The molecule has 0 aliphatic heterocycles. The van der Waals surface area contributed by atoms with Crippen molar-refractivity contribution in [1.29, 1.82) is 0 Å². The number of aromatic nitrogens is 2. The number of halogens is 1. The first-order chi connectivity index (χ1) is 9.08. The van der Waals surface area contributed by atoms with Crippen LogP contribution >= 0.6 is 11.6 Å². The molecule has 7 heteroatoms. The topological polar surface area (TPSA) is 92.2 Å². The van der Waals surface area contributed by atoms with E-state index in [9.17, 15) is 9.59 Å². The minimum Gasteiger partial charge on any atom is -0.478 e. The zero-order valence-electron chi connectivity index (χ0n) is 9.50. The number of hydrogen-bond donors (Lipinski definition) is 2. The molecule has 0 radical (unpaired) electrons. The van der Waals surface area contributed by atoms with Gasteiger partial charge in [-0.1, -0.05) is 11.6 Å². The number of nitrogens with one attached hydrogen (secondary N) is 1. The maximum atomic E-state index is 11.9. The van der Waals surface area contributed by atoms with Crippen LogP contribution in [0.2, 0.25) is 5.15 Å². The van der Waals surface area contributed by atoms with Crippen molar-refractivity contribution in [2.45, 2.75) is 0 Å². The summed E-state index contributed by atoms with van der Waals surface area (Å²) in [5.74, 6) is -1.61. The highest BCUT2D eigenvalue weighted by Gasteiger charge is 2.12. The number of carboxylic acids is 1. The average molecular weight is 278 g/mol. The third-order valence-electron chi connectivity index (χ3n) is 2.25. The highest BCUT2D eigenvalue weighted by molar-refractivity contribution is 6.33. The van der Waals surface area contributed by atoms with E-state index in [1.807, 2.05) is 0 Å². The molecule has 2 aromatic heterocycles. The third kappa shape index (κ3) is 3.05. The lowest BCUT2D eigenvalue weighted by molar-refractivity contribution is 0.0696. The van der Waals surface area contributed by atoms with Crippen molar-refractivity contribution in [3.63, 3.8) is 0 Å². The van der Waals surface area contributed by atoms with Gasteiger partial charge in [-0.25, -0.2) is 9.78 Å². The van der Waals surface area contributed by atoms with E-state index in [-0.39, 0.29) is 22.0 Å². The summed E-state index contributed by atoms with van der Waals surface area (Å²) in [5.41, 5.74) is 0.449. The molecule has 0 saturated heterocycles. The highest BCUT2D eigenvalue weighted by atomic mass is 35.5. The Bertz CT molecular complexity index is 646. The molecule has 0 atom stereocenters. The Labute approximate surface area is 113 Å². The number of anilines is 1. The van der Waals surface area contributed by atoms with E-state index in [2.05, 4.69) is 15.3 Å². The van der Waals surface area contributed by atoms with E-state index in [1.165, 1.54) is 30.7 Å². The molecule has 0 saturated carbocycles. The first kappa shape index (κ1) is 13.0. The standard InChI is InChI=1S/C12H8ClN3O3/c13-10-9(2-1-3-15-10)11(17)16-8-4-7(12(18)19)5-14-6-8/h1-6H,(H,16,17)(H,18,19). The highest BCUT2D eigenvalue weighted by Crippen LogP contribution is 2.15. The molecule has 2 rings (SSSR count). The van der Waals surface area contributed by atoms with Gasteiger partial charge < -0.3 is 10.4 Å². The lowest BCUT2D eigenvalue weighted by Gasteiger charge is -2.06. The Hall–Kier alpha value is -2.47. The Morgan fingerprint density at radius 3 is 2.79 bits per heavy atom. The van der Waals surface area contributed by atoms with Gasteiger partial charge >= 0.3 is 5.97 Å². The summed E-state index contributed by atoms with van der Waals surface area (Å²) in [4.78, 5) is 30.2. The lowest BCUT2D eigenvalue weighted by atomic mass is 10.2. The van der Waals surface area contributed by atoms with Crippen molar-refractivity contribution in [2.24, 2.45) is 0 Å².